The largest absolute Gasteiger partial charge is 0.486 e. The molecule has 0 fully saturated rings. The zero-order valence-electron chi connectivity index (χ0n) is 9.28. The van der Waals surface area contributed by atoms with Crippen LogP contribution in [0.15, 0.2) is 30.4 Å². The second-order valence-corrected chi connectivity index (χ2v) is 3.04. The van der Waals surface area contributed by atoms with Gasteiger partial charge in [0.1, 0.15) is 12.4 Å². The van der Waals surface area contributed by atoms with Crippen molar-refractivity contribution in [1.82, 2.24) is 0 Å². The molecule has 1 rings (SSSR count). The number of rotatable bonds is 5. The third-order valence-corrected chi connectivity index (χ3v) is 1.77. The van der Waals surface area contributed by atoms with Crippen LogP contribution in [0.25, 0.3) is 0 Å². The van der Waals surface area contributed by atoms with Gasteiger partial charge in [0.2, 0.25) is 0 Å². The van der Waals surface area contributed by atoms with Gasteiger partial charge in [-0.05, 0) is 25.1 Å². The molecule has 0 radical (unpaired) electrons. The van der Waals surface area contributed by atoms with Crippen LogP contribution in [0.5, 0.6) is 5.75 Å². The van der Waals surface area contributed by atoms with Crippen LogP contribution in [0.3, 0.4) is 0 Å². The maximum absolute atomic E-state index is 13.1. The van der Waals surface area contributed by atoms with Gasteiger partial charge in [-0.25, -0.2) is 13.6 Å². The Bertz CT molecular complexity index is 416. The molecule has 0 aliphatic rings. The molecule has 92 valence electrons. The molecule has 0 amide bonds. The van der Waals surface area contributed by atoms with Crippen molar-refractivity contribution in [3.8, 4) is 5.75 Å². The second-order valence-electron chi connectivity index (χ2n) is 3.04. The fourth-order valence-corrected chi connectivity index (χ4v) is 1.06. The Kier molecular flexibility index (Phi) is 5.13. The topological polar surface area (TPSA) is 35.5 Å². The zero-order chi connectivity index (χ0) is 12.7. The Hall–Kier alpha value is -1.91. The molecule has 0 bridgehead atoms. The van der Waals surface area contributed by atoms with Crippen LogP contribution in [0, 0.1) is 11.6 Å². The smallest absolute Gasteiger partial charge is 0.330 e. The average molecular weight is 242 g/mol. The maximum Gasteiger partial charge on any atom is 0.330 e. The zero-order valence-corrected chi connectivity index (χ0v) is 9.28. The lowest BCUT2D eigenvalue weighted by Crippen LogP contribution is -2.01. The van der Waals surface area contributed by atoms with E-state index in [0.29, 0.717) is 0 Å². The summed E-state index contributed by atoms with van der Waals surface area (Å²) in [6.45, 7) is 1.98. The number of hydrogen-bond donors (Lipinski definition) is 0. The van der Waals surface area contributed by atoms with E-state index in [1.807, 2.05) is 0 Å². The van der Waals surface area contributed by atoms with Gasteiger partial charge in [-0.3, -0.25) is 0 Å². The summed E-state index contributed by atoms with van der Waals surface area (Å²) in [5, 5.41) is 0. The van der Waals surface area contributed by atoms with Gasteiger partial charge in [0.15, 0.2) is 11.6 Å². The van der Waals surface area contributed by atoms with E-state index in [2.05, 4.69) is 4.74 Å². The first-order valence-electron chi connectivity index (χ1n) is 5.04. The molecular formula is C12H12F2O3. The van der Waals surface area contributed by atoms with E-state index < -0.39 is 17.6 Å². The van der Waals surface area contributed by atoms with Gasteiger partial charge in [0.25, 0.3) is 0 Å². The molecule has 17 heavy (non-hydrogen) atoms. The Morgan fingerprint density at radius 1 is 1.41 bits per heavy atom. The normalized spacial score (nSPS) is 10.5. The Morgan fingerprint density at radius 3 is 2.82 bits per heavy atom. The number of carbonyl (C=O) groups is 1. The van der Waals surface area contributed by atoms with Crippen molar-refractivity contribution in [3.05, 3.63) is 42.0 Å². The van der Waals surface area contributed by atoms with Crippen molar-refractivity contribution in [1.29, 1.82) is 0 Å². The molecule has 3 nitrogen and oxygen atoms in total. The van der Waals surface area contributed by atoms with Crippen molar-refractivity contribution in [2.45, 2.75) is 6.92 Å². The van der Waals surface area contributed by atoms with Crippen molar-refractivity contribution in [3.63, 3.8) is 0 Å². The molecule has 0 atom stereocenters. The summed E-state index contributed by atoms with van der Waals surface area (Å²) in [5.74, 6) is -2.01. The third-order valence-electron chi connectivity index (χ3n) is 1.77. The highest BCUT2D eigenvalue weighted by Crippen LogP contribution is 2.17. The van der Waals surface area contributed by atoms with Crippen LogP contribution in [0.2, 0.25) is 0 Å². The van der Waals surface area contributed by atoms with Crippen molar-refractivity contribution < 1.29 is 23.0 Å². The molecule has 0 N–H and O–H groups in total. The van der Waals surface area contributed by atoms with Crippen molar-refractivity contribution in [2.24, 2.45) is 0 Å². The monoisotopic (exact) mass is 242 g/mol. The quantitative estimate of drug-likeness (QED) is 0.587. The Morgan fingerprint density at radius 2 is 2.18 bits per heavy atom. The van der Waals surface area contributed by atoms with Gasteiger partial charge in [0, 0.05) is 12.1 Å². The standard InChI is InChI=1S/C12H12F2O3/c1-2-16-12(15)4-3-7-17-11-6-5-9(13)8-10(11)14/h3-6,8H,2,7H2,1H3/b4-3+. The minimum atomic E-state index is -0.783. The van der Waals surface area contributed by atoms with Crippen LogP contribution in [0.4, 0.5) is 8.78 Å². The molecule has 5 heteroatoms. The van der Waals surface area contributed by atoms with Gasteiger partial charge >= 0.3 is 5.97 Å². The summed E-state index contributed by atoms with van der Waals surface area (Å²) in [5.41, 5.74) is 0. The molecule has 0 aliphatic carbocycles. The van der Waals surface area contributed by atoms with E-state index in [9.17, 15) is 13.6 Å². The van der Waals surface area contributed by atoms with Gasteiger partial charge in [0.05, 0.1) is 6.61 Å². The summed E-state index contributed by atoms with van der Waals surface area (Å²) in [7, 11) is 0. The van der Waals surface area contributed by atoms with Gasteiger partial charge < -0.3 is 9.47 Å². The summed E-state index contributed by atoms with van der Waals surface area (Å²) >= 11 is 0. The first-order chi connectivity index (χ1) is 8.13. The Balaban J connectivity index is 2.43. The predicted octanol–water partition coefficient (Wildman–Crippen LogP) is 2.46. The third kappa shape index (κ3) is 4.63. The average Bonchev–Trinajstić information content (AvgIpc) is 2.27. The first-order valence-corrected chi connectivity index (χ1v) is 5.04. The number of hydrogen-bond acceptors (Lipinski definition) is 3. The fraction of sp³-hybridized carbons (Fsp3) is 0.250. The van der Waals surface area contributed by atoms with E-state index in [4.69, 9.17) is 4.74 Å². The van der Waals surface area contributed by atoms with Crippen LogP contribution in [0.1, 0.15) is 6.92 Å². The molecular weight excluding hydrogens is 230 g/mol. The molecule has 0 aliphatic heterocycles. The van der Waals surface area contributed by atoms with E-state index in [0.717, 1.165) is 12.1 Å². The molecule has 1 aromatic rings. The van der Waals surface area contributed by atoms with E-state index >= 15 is 0 Å². The number of benzene rings is 1. The number of esters is 1. The summed E-state index contributed by atoms with van der Waals surface area (Å²) in [4.78, 5) is 10.9. The Labute approximate surface area is 97.7 Å². The van der Waals surface area contributed by atoms with E-state index in [1.165, 1.54) is 18.2 Å². The number of halogens is 2. The summed E-state index contributed by atoms with van der Waals surface area (Å²) in [6, 6.07) is 3.00. The van der Waals surface area contributed by atoms with Crippen molar-refractivity contribution >= 4 is 5.97 Å². The highest BCUT2D eigenvalue weighted by molar-refractivity contribution is 5.81. The number of carbonyl (C=O) groups excluding carboxylic acids is 1. The maximum atomic E-state index is 13.1. The fourth-order valence-electron chi connectivity index (χ4n) is 1.06. The van der Waals surface area contributed by atoms with Gasteiger partial charge in [-0.1, -0.05) is 0 Å². The molecule has 0 saturated carbocycles. The van der Waals surface area contributed by atoms with E-state index in [1.54, 1.807) is 6.92 Å². The minimum Gasteiger partial charge on any atom is -0.486 e. The number of ether oxygens (including phenoxy) is 2. The lowest BCUT2D eigenvalue weighted by atomic mass is 10.3. The highest BCUT2D eigenvalue weighted by Gasteiger charge is 2.03. The minimum absolute atomic E-state index is 0.00136. The van der Waals surface area contributed by atoms with Crippen LogP contribution in [-0.2, 0) is 9.53 Å². The molecule has 0 saturated heterocycles. The summed E-state index contributed by atoms with van der Waals surface area (Å²) < 4.78 is 35.2. The van der Waals surface area contributed by atoms with Gasteiger partial charge in [-0.15, -0.1) is 0 Å². The molecule has 1 aromatic carbocycles. The lowest BCUT2D eigenvalue weighted by molar-refractivity contribution is -0.137. The van der Waals surface area contributed by atoms with Crippen LogP contribution < -0.4 is 4.74 Å². The summed E-state index contributed by atoms with van der Waals surface area (Å²) in [6.07, 6.45) is 2.58. The molecule has 0 heterocycles. The van der Waals surface area contributed by atoms with Crippen molar-refractivity contribution in [2.75, 3.05) is 13.2 Å². The molecule has 0 aromatic heterocycles. The highest BCUT2D eigenvalue weighted by atomic mass is 19.1. The van der Waals surface area contributed by atoms with Crippen LogP contribution >= 0.6 is 0 Å². The van der Waals surface area contributed by atoms with E-state index in [-0.39, 0.29) is 19.0 Å². The SMILES string of the molecule is CCOC(=O)/C=C/COc1ccc(F)cc1F. The predicted molar refractivity (Wildman–Crippen MR) is 57.6 cm³/mol. The molecule has 0 unspecified atom stereocenters. The molecule has 0 spiro atoms. The lowest BCUT2D eigenvalue weighted by Gasteiger charge is -2.03. The second kappa shape index (κ2) is 6.62. The van der Waals surface area contributed by atoms with Crippen LogP contribution in [-0.4, -0.2) is 19.2 Å². The first kappa shape index (κ1) is 13.2. The van der Waals surface area contributed by atoms with Gasteiger partial charge in [-0.2, -0.15) is 0 Å².